The van der Waals surface area contributed by atoms with Crippen LogP contribution in [0.25, 0.3) is 6.08 Å². The molecule has 55 heavy (non-hydrogen) atoms. The summed E-state index contributed by atoms with van der Waals surface area (Å²) in [5, 5.41) is 33.1. The number of ether oxygens (including phenoxy) is 3. The van der Waals surface area contributed by atoms with Crippen LogP contribution in [0.15, 0.2) is 60.7 Å². The van der Waals surface area contributed by atoms with Gasteiger partial charge in [0.15, 0.2) is 11.5 Å². The third kappa shape index (κ3) is 16.9. The van der Waals surface area contributed by atoms with E-state index in [9.17, 15) is 39.5 Å². The number of carbonyl (C=O) groups excluding carboxylic acids is 4. The minimum atomic E-state index is -0.914. The number of hydrogen-bond donors (Lipinski definition) is 3. The number of allylic oxidation sites excluding steroid dienone is 2. The molecule has 2 aromatic carbocycles. The zero-order valence-electron chi connectivity index (χ0n) is 31.7. The van der Waals surface area contributed by atoms with E-state index < -0.39 is 29.2 Å². The van der Waals surface area contributed by atoms with Gasteiger partial charge in [-0.3, -0.25) is 9.59 Å². The first-order chi connectivity index (χ1) is 26.5. The molecule has 2 aromatic rings. The molecule has 300 valence electrons. The molecule has 14 heteroatoms. The molecule has 1 fully saturated rings. The van der Waals surface area contributed by atoms with Crippen LogP contribution >= 0.6 is 0 Å². The molecule has 1 amide bonds. The Balaban J connectivity index is 1.35. The number of ketones is 1. The van der Waals surface area contributed by atoms with E-state index in [1.165, 1.54) is 43.9 Å². The van der Waals surface area contributed by atoms with Gasteiger partial charge in [-0.1, -0.05) is 63.0 Å². The zero-order valence-corrected chi connectivity index (χ0v) is 31.7. The Labute approximate surface area is 322 Å². The topological polar surface area (TPSA) is 201 Å². The Hall–Kier alpha value is -5.08. The maximum Gasteiger partial charge on any atom is 0.336 e. The lowest BCUT2D eigenvalue weighted by Gasteiger charge is -2.22. The van der Waals surface area contributed by atoms with E-state index in [2.05, 4.69) is 17.1 Å². The van der Waals surface area contributed by atoms with Crippen molar-refractivity contribution < 1.29 is 53.5 Å². The molecule has 0 radical (unpaired) electrons. The summed E-state index contributed by atoms with van der Waals surface area (Å²) < 4.78 is 15.9. The minimum Gasteiger partial charge on any atom is -0.493 e. The average Bonchev–Trinajstić information content (AvgIpc) is 3.43. The second-order valence-corrected chi connectivity index (χ2v) is 13.6. The first kappa shape index (κ1) is 44.3. The Kier molecular flexibility index (Phi) is 19.6. The maximum absolute atomic E-state index is 12.5. The number of esters is 2. The number of aliphatic hydroxyl groups excluding tert-OH is 2. The molecule has 0 aliphatic heterocycles. The van der Waals surface area contributed by atoms with Crippen molar-refractivity contribution in [1.82, 2.24) is 5.32 Å². The number of hydrogen-bond acceptors (Lipinski definition) is 12. The average molecular weight is 767 g/mol. The highest BCUT2D eigenvalue weighted by atomic mass is 16.9. The van der Waals surface area contributed by atoms with E-state index in [1.54, 1.807) is 24.3 Å². The Morgan fingerprint density at radius 2 is 1.69 bits per heavy atom. The number of unbranched alkanes of at least 4 members (excludes halogenated alkanes) is 5. The summed E-state index contributed by atoms with van der Waals surface area (Å²) in [5.74, 6) is -1.22. The first-order valence-corrected chi connectivity index (χ1v) is 18.9. The number of benzene rings is 2. The molecule has 3 rings (SSSR count). The van der Waals surface area contributed by atoms with Crippen LogP contribution < -0.4 is 19.5 Å². The molecule has 1 saturated carbocycles. The van der Waals surface area contributed by atoms with Crippen LogP contribution in [0.5, 0.6) is 17.2 Å². The van der Waals surface area contributed by atoms with E-state index in [1.807, 2.05) is 12.2 Å². The maximum atomic E-state index is 12.5. The highest BCUT2D eigenvalue weighted by Crippen LogP contribution is 2.38. The number of rotatable bonds is 25. The second kappa shape index (κ2) is 24.4. The minimum absolute atomic E-state index is 0.114. The van der Waals surface area contributed by atoms with Gasteiger partial charge in [0.05, 0.1) is 19.3 Å². The zero-order chi connectivity index (χ0) is 40.0. The summed E-state index contributed by atoms with van der Waals surface area (Å²) in [5.41, 5.74) is 0.986. The molecule has 4 atom stereocenters. The van der Waals surface area contributed by atoms with E-state index in [0.29, 0.717) is 56.1 Å². The lowest BCUT2D eigenvalue weighted by molar-refractivity contribution is -0.763. The summed E-state index contributed by atoms with van der Waals surface area (Å²) >= 11 is 0. The van der Waals surface area contributed by atoms with Crippen molar-refractivity contribution in [2.45, 2.75) is 109 Å². The SMILES string of the molecule is CCCCCCCC(=O)CC[C@@H]1[C@@H](C/C=C\CCCC(=O)NCC(=O)Oc2ccc(/C=C/C(=O)Oc3cccc(CO[N+](=O)[O-])c3)cc2OC)[C@@H](O)C[C@H]1O. The molecule has 0 aromatic heterocycles. The summed E-state index contributed by atoms with van der Waals surface area (Å²) in [7, 11) is 1.39. The number of nitrogens with one attached hydrogen (secondary N) is 1. The molecule has 1 aliphatic rings. The van der Waals surface area contributed by atoms with Gasteiger partial charge in [-0.2, -0.15) is 0 Å². The molecule has 0 bridgehead atoms. The van der Waals surface area contributed by atoms with Gasteiger partial charge in [0.1, 0.15) is 24.7 Å². The lowest BCUT2D eigenvalue weighted by atomic mass is 9.86. The molecular formula is C41H54N2O12. The van der Waals surface area contributed by atoms with Gasteiger partial charge in [-0.05, 0) is 91.8 Å². The quantitative estimate of drug-likeness (QED) is 0.0196. The van der Waals surface area contributed by atoms with Gasteiger partial charge in [-0.25, -0.2) is 9.59 Å². The predicted molar refractivity (Wildman–Crippen MR) is 203 cm³/mol. The van der Waals surface area contributed by atoms with Crippen molar-refractivity contribution in [2.75, 3.05) is 13.7 Å². The Bertz CT molecular complexity index is 1620. The molecule has 3 N–H and O–H groups in total. The molecule has 14 nitrogen and oxygen atoms in total. The van der Waals surface area contributed by atoms with Crippen molar-refractivity contribution in [1.29, 1.82) is 0 Å². The first-order valence-electron chi connectivity index (χ1n) is 18.9. The predicted octanol–water partition coefficient (Wildman–Crippen LogP) is 6.23. The van der Waals surface area contributed by atoms with Crippen molar-refractivity contribution in [3.8, 4) is 17.2 Å². The number of nitrogens with zero attached hydrogens (tertiary/aromatic N) is 1. The van der Waals surface area contributed by atoms with Crippen molar-refractivity contribution in [3.63, 3.8) is 0 Å². The van der Waals surface area contributed by atoms with Crippen LogP contribution in [-0.4, -0.2) is 64.8 Å². The molecule has 1 aliphatic carbocycles. The number of Topliss-reactive ketones (excluding diaryl/α,β-unsaturated/α-hetero) is 1. The molecule has 0 unspecified atom stereocenters. The molecule has 0 saturated heterocycles. The third-order valence-electron chi connectivity index (χ3n) is 9.39. The van der Waals surface area contributed by atoms with E-state index in [0.717, 1.165) is 25.7 Å². The van der Waals surface area contributed by atoms with Gasteiger partial charge in [-0.15, -0.1) is 10.1 Å². The standard InChI is InChI=1S/C41H54N2O12/c1-3-4-5-6-9-14-31(44)20-21-34-33(35(45)26-36(34)46)16-10-7-8-11-17-39(47)42-27-41(49)55-37-22-18-29(25-38(37)52-2)19-23-40(48)54-32-15-12-13-30(24-32)28-53-43(50)51/h7,10,12-13,15,18-19,22-25,33-36,45-46H,3-6,8-9,11,14,16-17,20-21,26-28H2,1-2H3,(H,42,47)/b10-7-,23-19+/t33-,34-,35+,36-/m1/s1. The Morgan fingerprint density at radius 1 is 0.909 bits per heavy atom. The fourth-order valence-corrected chi connectivity index (χ4v) is 6.47. The van der Waals surface area contributed by atoms with Crippen LogP contribution in [0.4, 0.5) is 0 Å². The van der Waals surface area contributed by atoms with Gasteiger partial charge in [0, 0.05) is 25.3 Å². The molecule has 0 spiro atoms. The fourth-order valence-electron chi connectivity index (χ4n) is 6.47. The third-order valence-corrected chi connectivity index (χ3v) is 9.39. The van der Waals surface area contributed by atoms with Crippen LogP contribution in [-0.2, 0) is 30.6 Å². The van der Waals surface area contributed by atoms with Gasteiger partial charge in [0.2, 0.25) is 5.91 Å². The van der Waals surface area contributed by atoms with E-state index in [-0.39, 0.29) is 60.3 Å². The van der Waals surface area contributed by atoms with Crippen LogP contribution in [0.1, 0.15) is 102 Å². The van der Waals surface area contributed by atoms with E-state index >= 15 is 0 Å². The highest BCUT2D eigenvalue weighted by Gasteiger charge is 2.40. The van der Waals surface area contributed by atoms with Crippen LogP contribution in [0.3, 0.4) is 0 Å². The smallest absolute Gasteiger partial charge is 0.336 e. The lowest BCUT2D eigenvalue weighted by Crippen LogP contribution is -2.31. The summed E-state index contributed by atoms with van der Waals surface area (Å²) in [6.07, 6.45) is 14.6. The highest BCUT2D eigenvalue weighted by molar-refractivity contribution is 5.89. The largest absolute Gasteiger partial charge is 0.493 e. The normalized spacial score (nSPS) is 18.0. The summed E-state index contributed by atoms with van der Waals surface area (Å²) in [4.78, 5) is 64.2. The van der Waals surface area contributed by atoms with Crippen molar-refractivity contribution >= 4 is 29.7 Å². The monoisotopic (exact) mass is 766 g/mol. The Morgan fingerprint density at radius 3 is 2.45 bits per heavy atom. The number of carbonyl (C=O) groups is 4. The van der Waals surface area contributed by atoms with Crippen LogP contribution in [0.2, 0.25) is 0 Å². The van der Waals surface area contributed by atoms with Crippen LogP contribution in [0, 0.1) is 22.0 Å². The fraction of sp³-hybridized carbons (Fsp3) is 0.512. The number of aliphatic hydroxyl groups is 2. The molecular weight excluding hydrogens is 712 g/mol. The number of methoxy groups -OCH3 is 1. The van der Waals surface area contributed by atoms with Gasteiger partial charge in [0.25, 0.3) is 5.09 Å². The molecule has 0 heterocycles. The summed E-state index contributed by atoms with van der Waals surface area (Å²) in [6, 6.07) is 10.7. The van der Waals surface area contributed by atoms with E-state index in [4.69, 9.17) is 14.2 Å². The van der Waals surface area contributed by atoms with Gasteiger partial charge >= 0.3 is 11.9 Å². The van der Waals surface area contributed by atoms with Crippen molar-refractivity contribution in [3.05, 3.63) is 81.9 Å². The summed E-state index contributed by atoms with van der Waals surface area (Å²) in [6.45, 7) is 1.52. The van der Waals surface area contributed by atoms with Gasteiger partial charge < -0.3 is 34.6 Å². The second-order valence-electron chi connectivity index (χ2n) is 13.6. The number of amides is 1. The van der Waals surface area contributed by atoms with Crippen molar-refractivity contribution in [2.24, 2.45) is 11.8 Å².